The fraction of sp³-hybridized carbons (Fsp3) is 0.650. The highest BCUT2D eigenvalue weighted by Crippen LogP contribution is 2.07. The van der Waals surface area contributed by atoms with Gasteiger partial charge in [0.1, 0.15) is 12.4 Å². The van der Waals surface area contributed by atoms with Crippen molar-refractivity contribution in [1.29, 1.82) is 0 Å². The van der Waals surface area contributed by atoms with Gasteiger partial charge in [-0.2, -0.15) is 0 Å². The summed E-state index contributed by atoms with van der Waals surface area (Å²) in [5.41, 5.74) is 0. The third-order valence-electron chi connectivity index (χ3n) is 4.20. The lowest BCUT2D eigenvalue weighted by molar-refractivity contribution is 0.269. The summed E-state index contributed by atoms with van der Waals surface area (Å²) in [5, 5.41) is 3.36. The van der Waals surface area contributed by atoms with Gasteiger partial charge in [0.2, 0.25) is 0 Å². The maximum atomic E-state index is 5.77. The molecule has 0 saturated heterocycles. The Morgan fingerprint density at radius 1 is 1.12 bits per heavy atom. The van der Waals surface area contributed by atoms with Crippen LogP contribution in [0.1, 0.15) is 33.6 Å². The number of rotatable bonds is 11. The quantitative estimate of drug-likeness (QED) is 0.229. The summed E-state index contributed by atoms with van der Waals surface area (Å²) in [6.07, 6.45) is 2.29. The van der Waals surface area contributed by atoms with Crippen molar-refractivity contribution in [3.63, 3.8) is 0 Å². The van der Waals surface area contributed by atoms with Gasteiger partial charge < -0.3 is 19.9 Å². The molecule has 0 aliphatic heterocycles. The summed E-state index contributed by atoms with van der Waals surface area (Å²) >= 11 is 0. The Labute approximate surface area is 177 Å². The van der Waals surface area contributed by atoms with Gasteiger partial charge in [0.15, 0.2) is 5.96 Å². The van der Waals surface area contributed by atoms with E-state index in [4.69, 9.17) is 9.73 Å². The molecule has 0 unspecified atom stereocenters. The molecule has 1 N–H and O–H groups in total. The molecule has 0 spiro atoms. The Balaban J connectivity index is 0.00000625. The van der Waals surface area contributed by atoms with Crippen LogP contribution in [0.5, 0.6) is 5.75 Å². The molecule has 0 saturated carbocycles. The van der Waals surface area contributed by atoms with E-state index in [1.54, 1.807) is 0 Å². The van der Waals surface area contributed by atoms with Crippen LogP contribution in [0.15, 0.2) is 35.3 Å². The Kier molecular flexibility index (Phi) is 14.5. The Hall–Kier alpha value is -1.02. The molecule has 0 radical (unpaired) electrons. The number of hydrogen-bond donors (Lipinski definition) is 1. The second-order valence-corrected chi connectivity index (χ2v) is 6.60. The number of halogens is 1. The van der Waals surface area contributed by atoms with Crippen LogP contribution in [0.3, 0.4) is 0 Å². The maximum Gasteiger partial charge on any atom is 0.193 e. The molecule has 6 heteroatoms. The van der Waals surface area contributed by atoms with E-state index in [9.17, 15) is 0 Å². The first-order valence-corrected chi connectivity index (χ1v) is 9.42. The molecular formula is C20H37IN4O. The highest BCUT2D eigenvalue weighted by molar-refractivity contribution is 14.0. The lowest BCUT2D eigenvalue weighted by Crippen LogP contribution is -2.41. The van der Waals surface area contributed by atoms with Gasteiger partial charge in [-0.15, -0.1) is 24.0 Å². The number of nitrogens with zero attached hydrogens (tertiary/aromatic N) is 3. The molecule has 1 aromatic carbocycles. The summed E-state index contributed by atoms with van der Waals surface area (Å²) in [6, 6.07) is 10.5. The predicted octanol–water partition coefficient (Wildman–Crippen LogP) is 3.70. The van der Waals surface area contributed by atoms with Crippen molar-refractivity contribution in [2.75, 3.05) is 46.9 Å². The predicted molar refractivity (Wildman–Crippen MR) is 123 cm³/mol. The first kappa shape index (κ1) is 25.0. The summed E-state index contributed by atoms with van der Waals surface area (Å²) in [6.45, 7) is 10.9. The van der Waals surface area contributed by atoms with Gasteiger partial charge in [0.05, 0.1) is 6.54 Å². The zero-order valence-corrected chi connectivity index (χ0v) is 19.4. The standard InChI is InChI=1S/C20H36N4O.HI/c1-6-21-20(22-14-10-11-15-23(4)18(2)3)24(5)16-17-25-19-12-8-7-9-13-19;/h7-9,12-13,18H,6,10-11,14-17H2,1-5H3,(H,21,22);1H. The topological polar surface area (TPSA) is 40.1 Å². The van der Waals surface area contributed by atoms with E-state index >= 15 is 0 Å². The molecule has 150 valence electrons. The minimum absolute atomic E-state index is 0. The van der Waals surface area contributed by atoms with Crippen LogP contribution in [0.2, 0.25) is 0 Å². The number of aliphatic imine (C=N–C) groups is 1. The number of para-hydroxylation sites is 1. The SMILES string of the molecule is CCNC(=NCCCCN(C)C(C)C)N(C)CCOc1ccccc1.I. The highest BCUT2D eigenvalue weighted by atomic mass is 127. The monoisotopic (exact) mass is 476 g/mol. The van der Waals surface area contributed by atoms with E-state index < -0.39 is 0 Å². The van der Waals surface area contributed by atoms with Gasteiger partial charge in [0, 0.05) is 26.2 Å². The van der Waals surface area contributed by atoms with Gasteiger partial charge >= 0.3 is 0 Å². The molecule has 5 nitrogen and oxygen atoms in total. The first-order valence-electron chi connectivity index (χ1n) is 9.42. The molecular weight excluding hydrogens is 439 g/mol. The van der Waals surface area contributed by atoms with Crippen LogP contribution < -0.4 is 10.1 Å². The summed E-state index contributed by atoms with van der Waals surface area (Å²) in [7, 11) is 4.24. The van der Waals surface area contributed by atoms with Gasteiger partial charge in [-0.05, 0) is 59.3 Å². The van der Waals surface area contributed by atoms with Crippen LogP contribution in [0.25, 0.3) is 0 Å². The molecule has 26 heavy (non-hydrogen) atoms. The molecule has 0 fully saturated rings. The number of ether oxygens (including phenoxy) is 1. The maximum absolute atomic E-state index is 5.77. The number of likely N-dealkylation sites (N-methyl/N-ethyl adjacent to an activating group) is 1. The van der Waals surface area contributed by atoms with Gasteiger partial charge in [-0.3, -0.25) is 4.99 Å². The summed E-state index contributed by atoms with van der Waals surface area (Å²) < 4.78 is 5.77. The van der Waals surface area contributed by atoms with Gasteiger partial charge in [-0.1, -0.05) is 18.2 Å². The minimum atomic E-state index is 0. The molecule has 1 aromatic rings. The van der Waals surface area contributed by atoms with Crippen LogP contribution in [0, 0.1) is 0 Å². The van der Waals surface area contributed by atoms with Crippen molar-refractivity contribution in [3.05, 3.63) is 30.3 Å². The molecule has 0 atom stereocenters. The van der Waals surface area contributed by atoms with Crippen molar-refractivity contribution in [2.45, 2.75) is 39.7 Å². The second kappa shape index (κ2) is 15.1. The molecule has 1 rings (SSSR count). The molecule has 0 aliphatic carbocycles. The van der Waals surface area contributed by atoms with Crippen molar-refractivity contribution >= 4 is 29.9 Å². The molecule has 0 amide bonds. The molecule has 0 aliphatic rings. The number of nitrogens with one attached hydrogen (secondary N) is 1. The van der Waals surface area contributed by atoms with Crippen LogP contribution in [-0.4, -0.2) is 68.7 Å². The van der Waals surface area contributed by atoms with Crippen molar-refractivity contribution in [3.8, 4) is 5.75 Å². The second-order valence-electron chi connectivity index (χ2n) is 6.60. The van der Waals surface area contributed by atoms with E-state index in [0.29, 0.717) is 12.6 Å². The normalized spacial score (nSPS) is 11.4. The minimum Gasteiger partial charge on any atom is -0.492 e. The van der Waals surface area contributed by atoms with E-state index in [1.165, 1.54) is 6.42 Å². The van der Waals surface area contributed by atoms with Crippen molar-refractivity contribution in [2.24, 2.45) is 4.99 Å². The average molecular weight is 476 g/mol. The van der Waals surface area contributed by atoms with Gasteiger partial charge in [0.25, 0.3) is 0 Å². The van der Waals surface area contributed by atoms with Crippen LogP contribution in [-0.2, 0) is 0 Å². The number of hydrogen-bond acceptors (Lipinski definition) is 3. The third kappa shape index (κ3) is 10.9. The number of guanidine groups is 1. The van der Waals surface area contributed by atoms with Crippen molar-refractivity contribution in [1.82, 2.24) is 15.1 Å². The van der Waals surface area contributed by atoms with Crippen molar-refractivity contribution < 1.29 is 4.74 Å². The molecule has 0 bridgehead atoms. The number of benzene rings is 1. The van der Waals surface area contributed by atoms with E-state index in [2.05, 4.69) is 50.0 Å². The Morgan fingerprint density at radius 2 is 1.81 bits per heavy atom. The first-order chi connectivity index (χ1) is 12.0. The van der Waals surface area contributed by atoms with E-state index in [0.717, 1.165) is 44.3 Å². The zero-order valence-electron chi connectivity index (χ0n) is 17.1. The average Bonchev–Trinajstić information content (AvgIpc) is 2.61. The third-order valence-corrected chi connectivity index (χ3v) is 4.20. The summed E-state index contributed by atoms with van der Waals surface area (Å²) in [5.74, 6) is 1.86. The lowest BCUT2D eigenvalue weighted by Gasteiger charge is -2.22. The summed E-state index contributed by atoms with van der Waals surface area (Å²) in [4.78, 5) is 9.25. The van der Waals surface area contributed by atoms with Crippen LogP contribution >= 0.6 is 24.0 Å². The fourth-order valence-corrected chi connectivity index (χ4v) is 2.31. The largest absolute Gasteiger partial charge is 0.492 e. The lowest BCUT2D eigenvalue weighted by atomic mass is 10.2. The van der Waals surface area contributed by atoms with E-state index in [-0.39, 0.29) is 24.0 Å². The van der Waals surface area contributed by atoms with Crippen LogP contribution in [0.4, 0.5) is 0 Å². The Bertz CT molecular complexity index is 482. The van der Waals surface area contributed by atoms with Gasteiger partial charge in [-0.25, -0.2) is 0 Å². The smallest absolute Gasteiger partial charge is 0.193 e. The zero-order chi connectivity index (χ0) is 18.5. The van der Waals surface area contributed by atoms with E-state index in [1.807, 2.05) is 30.3 Å². The highest BCUT2D eigenvalue weighted by Gasteiger charge is 2.06. The Morgan fingerprint density at radius 3 is 2.42 bits per heavy atom. The molecule has 0 heterocycles. The molecule has 0 aromatic heterocycles. The fourth-order valence-electron chi connectivity index (χ4n) is 2.31. The number of unbranched alkanes of at least 4 members (excludes halogenated alkanes) is 1.